The quantitative estimate of drug-likeness (QED) is 0.0212. The fraction of sp³-hybridized carbons (Fsp3) is 0.718. The Morgan fingerprint density at radius 1 is 0.565 bits per heavy atom. The Morgan fingerprint density at radius 2 is 0.968 bits per heavy atom. The molecule has 352 valence electrons. The van der Waals surface area contributed by atoms with Crippen molar-refractivity contribution in [3.8, 4) is 0 Å². The number of rotatable bonds is 31. The fourth-order valence-electron chi connectivity index (χ4n) is 5.90. The lowest BCUT2D eigenvalue weighted by Gasteiger charge is -2.30. The van der Waals surface area contributed by atoms with Crippen LogP contribution in [-0.2, 0) is 47.9 Å². The van der Waals surface area contributed by atoms with Crippen molar-refractivity contribution in [1.29, 1.82) is 5.41 Å². The highest BCUT2D eigenvalue weighted by Gasteiger charge is 2.36. The highest BCUT2D eigenvalue weighted by molar-refractivity contribution is 5.97. The third-order valence-electron chi connectivity index (χ3n) is 9.74. The zero-order valence-electron chi connectivity index (χ0n) is 36.6. The van der Waals surface area contributed by atoms with E-state index in [4.69, 9.17) is 22.0 Å². The molecular weight excluding hydrogens is 816 g/mol. The first-order chi connectivity index (χ1) is 28.8. The molecular formula is C39H68N10O13. The summed E-state index contributed by atoms with van der Waals surface area (Å²) in [5.74, 6) is -11.0. The van der Waals surface area contributed by atoms with Crippen molar-refractivity contribution in [2.24, 2.45) is 29.2 Å². The van der Waals surface area contributed by atoms with Crippen LogP contribution in [0.5, 0.6) is 0 Å². The molecule has 0 rings (SSSR count). The number of Topliss-reactive ketones (excluding diaryl/α,β-unsaturated/α-hetero) is 1. The lowest BCUT2D eigenvalue weighted by molar-refractivity contribution is -0.140. The van der Waals surface area contributed by atoms with Crippen LogP contribution in [0.1, 0.15) is 113 Å². The van der Waals surface area contributed by atoms with Crippen LogP contribution in [-0.4, -0.2) is 129 Å². The van der Waals surface area contributed by atoms with Gasteiger partial charge in [-0.1, -0.05) is 48.0 Å². The summed E-state index contributed by atoms with van der Waals surface area (Å²) in [6.07, 6.45) is -2.32. The number of aliphatic carboxylic acids is 3. The van der Waals surface area contributed by atoms with Crippen molar-refractivity contribution < 1.29 is 63.3 Å². The van der Waals surface area contributed by atoms with Crippen LogP contribution >= 0.6 is 0 Å². The lowest BCUT2D eigenvalue weighted by Crippen LogP contribution is -2.61. The van der Waals surface area contributed by atoms with Crippen LogP contribution in [0.3, 0.4) is 0 Å². The van der Waals surface area contributed by atoms with Gasteiger partial charge in [-0.15, -0.1) is 0 Å². The number of hydrogen-bond acceptors (Lipinski definition) is 12. The molecule has 0 heterocycles. The molecule has 6 amide bonds. The number of nitrogens with one attached hydrogen (secondary N) is 8. The number of carbonyl (C=O) groups is 10. The molecule has 0 fully saturated rings. The fourth-order valence-corrected chi connectivity index (χ4v) is 5.90. The molecule has 0 bridgehead atoms. The Balaban J connectivity index is 6.60. The molecule has 0 aromatic heterocycles. The van der Waals surface area contributed by atoms with Gasteiger partial charge in [-0.05, 0) is 63.2 Å². The number of carboxylic acids is 3. The van der Waals surface area contributed by atoms with Crippen LogP contribution in [0.15, 0.2) is 0 Å². The van der Waals surface area contributed by atoms with E-state index in [-0.39, 0.29) is 43.5 Å². The SMILES string of the molecule is CCC(C)C(NC(=O)C(CCC(=O)O)NC(=O)C(CCC(=O)O)NC(=O)C(N)CCC(=O)O)C(=O)NC(CCCNC(=N)N)C(=O)NC(C(=O)NC(CC(C)C)C(C)=O)C(C)C. The van der Waals surface area contributed by atoms with Crippen molar-refractivity contribution in [2.45, 2.75) is 155 Å². The average Bonchev–Trinajstić information content (AvgIpc) is 3.17. The number of hydrogen-bond donors (Lipinski definition) is 13. The summed E-state index contributed by atoms with van der Waals surface area (Å²) in [7, 11) is 0. The molecule has 8 unspecified atom stereocenters. The van der Waals surface area contributed by atoms with Crippen molar-refractivity contribution in [3.63, 3.8) is 0 Å². The topological polar surface area (TPSA) is 391 Å². The van der Waals surface area contributed by atoms with Crippen molar-refractivity contribution >= 4 is 65.1 Å². The number of nitrogens with two attached hydrogens (primary N) is 2. The van der Waals surface area contributed by atoms with E-state index in [1.165, 1.54) is 6.92 Å². The molecule has 0 spiro atoms. The van der Waals surface area contributed by atoms with Crippen LogP contribution < -0.4 is 48.7 Å². The first kappa shape index (κ1) is 56.1. The molecule has 62 heavy (non-hydrogen) atoms. The summed E-state index contributed by atoms with van der Waals surface area (Å²) in [5, 5.41) is 52.7. The number of ketones is 1. The van der Waals surface area contributed by atoms with Gasteiger partial charge in [-0.2, -0.15) is 0 Å². The Morgan fingerprint density at radius 3 is 1.40 bits per heavy atom. The van der Waals surface area contributed by atoms with E-state index in [1.807, 2.05) is 13.8 Å². The first-order valence-electron chi connectivity index (χ1n) is 20.6. The van der Waals surface area contributed by atoms with Crippen molar-refractivity contribution in [3.05, 3.63) is 0 Å². The molecule has 0 saturated heterocycles. The molecule has 0 saturated carbocycles. The predicted octanol–water partition coefficient (Wildman–Crippen LogP) is -1.58. The maximum Gasteiger partial charge on any atom is 0.303 e. The third-order valence-corrected chi connectivity index (χ3v) is 9.74. The Labute approximate surface area is 361 Å². The second-order valence-corrected chi connectivity index (χ2v) is 16.0. The van der Waals surface area contributed by atoms with E-state index in [2.05, 4.69) is 37.2 Å². The smallest absolute Gasteiger partial charge is 0.303 e. The standard InChI is InChI=1S/C39H68N10O13/c1-8-21(6)32(49-36(60)26(13-16-30(55)56)45-34(58)25(12-15-29(53)54)44-33(57)23(40)11-14-28(51)52)38(62)46-24(10-9-17-43-39(41)42)35(59)48-31(20(4)5)37(61)47-27(22(7)50)18-19(2)3/h19-21,23-27,31-32H,8-18,40H2,1-7H3,(H,44,57)(H,45,58)(H,46,62)(H,47,61)(H,48,59)(H,49,60)(H,51,52)(H,53,54)(H,55,56)(H4,41,42,43). The molecule has 23 heteroatoms. The maximum atomic E-state index is 14.0. The Hall–Kier alpha value is -5.87. The summed E-state index contributed by atoms with van der Waals surface area (Å²) in [4.78, 5) is 128. The second-order valence-electron chi connectivity index (χ2n) is 16.0. The number of carboxylic acid groups (broad SMARTS) is 3. The normalized spacial score (nSPS) is 14.9. The summed E-state index contributed by atoms with van der Waals surface area (Å²) in [5.41, 5.74) is 11.1. The van der Waals surface area contributed by atoms with Crippen LogP contribution in [0.4, 0.5) is 0 Å². The van der Waals surface area contributed by atoms with Gasteiger partial charge in [0, 0.05) is 25.8 Å². The van der Waals surface area contributed by atoms with E-state index in [0.29, 0.717) is 12.8 Å². The van der Waals surface area contributed by atoms with Gasteiger partial charge in [-0.25, -0.2) is 0 Å². The van der Waals surface area contributed by atoms with Gasteiger partial charge in [0.05, 0.1) is 12.1 Å². The highest BCUT2D eigenvalue weighted by atomic mass is 16.4. The molecule has 0 aromatic carbocycles. The molecule has 0 aliphatic rings. The van der Waals surface area contributed by atoms with E-state index >= 15 is 0 Å². The highest BCUT2D eigenvalue weighted by Crippen LogP contribution is 2.13. The number of guanidine groups is 1. The number of amides is 6. The summed E-state index contributed by atoms with van der Waals surface area (Å²) in [6.45, 7) is 11.9. The minimum atomic E-state index is -1.65. The van der Waals surface area contributed by atoms with Gasteiger partial charge in [0.1, 0.15) is 30.2 Å². The molecule has 23 nitrogen and oxygen atoms in total. The van der Waals surface area contributed by atoms with Gasteiger partial charge >= 0.3 is 17.9 Å². The average molecular weight is 885 g/mol. The van der Waals surface area contributed by atoms with Gasteiger partial charge < -0.3 is 64.0 Å². The molecule has 8 atom stereocenters. The van der Waals surface area contributed by atoms with Crippen molar-refractivity contribution in [1.82, 2.24) is 37.2 Å². The van der Waals surface area contributed by atoms with Gasteiger partial charge in [-0.3, -0.25) is 53.4 Å². The molecule has 15 N–H and O–H groups in total. The third kappa shape index (κ3) is 22.7. The molecule has 0 aliphatic heterocycles. The van der Waals surface area contributed by atoms with Crippen LogP contribution in [0.2, 0.25) is 0 Å². The predicted molar refractivity (Wildman–Crippen MR) is 224 cm³/mol. The van der Waals surface area contributed by atoms with E-state index in [1.54, 1.807) is 27.7 Å². The Kier molecular flexibility index (Phi) is 25.9. The van der Waals surface area contributed by atoms with Gasteiger partial charge in [0.25, 0.3) is 0 Å². The van der Waals surface area contributed by atoms with Crippen LogP contribution in [0, 0.1) is 23.2 Å². The molecule has 0 aliphatic carbocycles. The first-order valence-corrected chi connectivity index (χ1v) is 20.6. The summed E-state index contributed by atoms with van der Waals surface area (Å²) >= 11 is 0. The second kappa shape index (κ2) is 28.6. The van der Waals surface area contributed by atoms with E-state index in [0.717, 1.165) is 0 Å². The van der Waals surface area contributed by atoms with E-state index in [9.17, 15) is 58.2 Å². The van der Waals surface area contributed by atoms with E-state index < -0.39 is 140 Å². The van der Waals surface area contributed by atoms with Crippen molar-refractivity contribution in [2.75, 3.05) is 6.54 Å². The Bertz CT molecular complexity index is 1590. The summed E-state index contributed by atoms with van der Waals surface area (Å²) in [6, 6.07) is -9.32. The minimum Gasteiger partial charge on any atom is -0.481 e. The molecule has 0 radical (unpaired) electrons. The maximum absolute atomic E-state index is 14.0. The zero-order chi connectivity index (χ0) is 47.9. The summed E-state index contributed by atoms with van der Waals surface area (Å²) < 4.78 is 0. The molecule has 0 aromatic rings. The minimum absolute atomic E-state index is 0.0460. The monoisotopic (exact) mass is 884 g/mol. The van der Waals surface area contributed by atoms with Crippen LogP contribution in [0.25, 0.3) is 0 Å². The lowest BCUT2D eigenvalue weighted by atomic mass is 9.96. The number of carbonyl (C=O) groups excluding carboxylic acids is 7. The van der Waals surface area contributed by atoms with Gasteiger partial charge in [0.15, 0.2) is 11.7 Å². The zero-order valence-corrected chi connectivity index (χ0v) is 36.6. The largest absolute Gasteiger partial charge is 0.481 e. The van der Waals surface area contributed by atoms with Gasteiger partial charge in [0.2, 0.25) is 35.4 Å².